The van der Waals surface area contributed by atoms with Crippen LogP contribution in [-0.2, 0) is 4.74 Å². The van der Waals surface area contributed by atoms with Gasteiger partial charge in [-0.3, -0.25) is 5.32 Å². The lowest BCUT2D eigenvalue weighted by atomic mass is 9.97. The number of hydrogen-bond donors (Lipinski definition) is 1. The predicted molar refractivity (Wildman–Crippen MR) is 78.0 cm³/mol. The maximum Gasteiger partial charge on any atom is 0.103 e. The molecule has 0 aromatic heterocycles. The van der Waals surface area contributed by atoms with Crippen LogP contribution in [0.2, 0.25) is 0 Å². The van der Waals surface area contributed by atoms with Gasteiger partial charge in [0.05, 0.1) is 12.7 Å². The van der Waals surface area contributed by atoms with Gasteiger partial charge in [0.1, 0.15) is 5.54 Å². The van der Waals surface area contributed by atoms with E-state index in [2.05, 4.69) is 23.3 Å². The quantitative estimate of drug-likeness (QED) is 0.582. The summed E-state index contributed by atoms with van der Waals surface area (Å²) in [7, 11) is 2.12. The van der Waals surface area contributed by atoms with Crippen LogP contribution in [0.1, 0.15) is 39.5 Å². The highest BCUT2D eigenvalue weighted by Gasteiger charge is 2.22. The van der Waals surface area contributed by atoms with Crippen molar-refractivity contribution < 1.29 is 4.74 Å². The molecule has 0 amide bonds. The summed E-state index contributed by atoms with van der Waals surface area (Å²) in [5.41, 5.74) is -0.377. The van der Waals surface area contributed by atoms with Crippen molar-refractivity contribution in [1.29, 1.82) is 5.26 Å². The summed E-state index contributed by atoms with van der Waals surface area (Å²) in [6.07, 6.45) is 4.64. The molecule has 0 spiro atoms. The van der Waals surface area contributed by atoms with Crippen molar-refractivity contribution in [2.24, 2.45) is 5.92 Å². The second-order valence-corrected chi connectivity index (χ2v) is 5.90. The maximum absolute atomic E-state index is 9.17. The smallest absolute Gasteiger partial charge is 0.103 e. The van der Waals surface area contributed by atoms with Crippen LogP contribution >= 0.6 is 0 Å². The Morgan fingerprint density at radius 3 is 2.74 bits per heavy atom. The highest BCUT2D eigenvalue weighted by molar-refractivity contribution is 5.03. The average Bonchev–Trinajstić information content (AvgIpc) is 3.19. The number of likely N-dealkylation sites (N-methyl/N-ethyl adjacent to an activating group) is 1. The number of ether oxygens (including phenoxy) is 1. The van der Waals surface area contributed by atoms with Gasteiger partial charge in [0, 0.05) is 13.2 Å². The molecule has 1 unspecified atom stereocenters. The SMILES string of the molecule is CCNC(C)(C#N)CCCN(C)CCOCC1CC1. The Kier molecular flexibility index (Phi) is 7.37. The van der Waals surface area contributed by atoms with E-state index in [-0.39, 0.29) is 5.54 Å². The van der Waals surface area contributed by atoms with E-state index in [9.17, 15) is 0 Å². The molecule has 0 aliphatic heterocycles. The molecule has 110 valence electrons. The van der Waals surface area contributed by atoms with E-state index in [1.54, 1.807) is 0 Å². The zero-order valence-electron chi connectivity index (χ0n) is 12.7. The van der Waals surface area contributed by atoms with Gasteiger partial charge in [0.25, 0.3) is 0 Å². The van der Waals surface area contributed by atoms with Crippen molar-refractivity contribution in [3.63, 3.8) is 0 Å². The first kappa shape index (κ1) is 16.4. The molecule has 0 bridgehead atoms. The van der Waals surface area contributed by atoms with E-state index < -0.39 is 0 Å². The maximum atomic E-state index is 9.17. The van der Waals surface area contributed by atoms with Crippen molar-refractivity contribution in [3.8, 4) is 6.07 Å². The molecular formula is C15H29N3O. The zero-order valence-corrected chi connectivity index (χ0v) is 12.7. The van der Waals surface area contributed by atoms with E-state index in [0.717, 1.165) is 51.6 Å². The minimum atomic E-state index is -0.377. The van der Waals surface area contributed by atoms with Crippen molar-refractivity contribution in [2.75, 3.05) is 39.9 Å². The van der Waals surface area contributed by atoms with E-state index in [0.29, 0.717) is 0 Å². The number of hydrogen-bond acceptors (Lipinski definition) is 4. The predicted octanol–water partition coefficient (Wildman–Crippen LogP) is 2.02. The average molecular weight is 267 g/mol. The third-order valence-corrected chi connectivity index (χ3v) is 3.70. The first-order valence-electron chi connectivity index (χ1n) is 7.52. The summed E-state index contributed by atoms with van der Waals surface area (Å²) in [5.74, 6) is 0.849. The van der Waals surface area contributed by atoms with Crippen LogP contribution in [0.25, 0.3) is 0 Å². The molecule has 1 aliphatic rings. The molecule has 19 heavy (non-hydrogen) atoms. The second kappa shape index (κ2) is 8.52. The Morgan fingerprint density at radius 2 is 2.16 bits per heavy atom. The normalized spacial score (nSPS) is 18.3. The fourth-order valence-corrected chi connectivity index (χ4v) is 2.14. The van der Waals surface area contributed by atoms with Crippen molar-refractivity contribution in [1.82, 2.24) is 10.2 Å². The molecule has 1 rings (SSSR count). The Hall–Kier alpha value is -0.630. The van der Waals surface area contributed by atoms with Gasteiger partial charge < -0.3 is 9.64 Å². The minimum absolute atomic E-state index is 0.377. The standard InChI is InChI=1S/C15H29N3O/c1-4-17-15(2,13-16)8-5-9-18(3)10-11-19-12-14-6-7-14/h14,17H,4-12H2,1-3H3. The molecule has 0 aromatic carbocycles. The molecule has 1 saturated carbocycles. The molecule has 4 heteroatoms. The van der Waals surface area contributed by atoms with E-state index in [4.69, 9.17) is 10.00 Å². The highest BCUT2D eigenvalue weighted by atomic mass is 16.5. The third-order valence-electron chi connectivity index (χ3n) is 3.70. The lowest BCUT2D eigenvalue weighted by molar-refractivity contribution is 0.103. The molecule has 4 nitrogen and oxygen atoms in total. The summed E-state index contributed by atoms with van der Waals surface area (Å²) in [6, 6.07) is 2.37. The molecule has 0 saturated heterocycles. The highest BCUT2D eigenvalue weighted by Crippen LogP contribution is 2.28. The van der Waals surface area contributed by atoms with Crippen LogP contribution in [0.4, 0.5) is 0 Å². The van der Waals surface area contributed by atoms with Gasteiger partial charge >= 0.3 is 0 Å². The van der Waals surface area contributed by atoms with E-state index in [1.807, 2.05) is 13.8 Å². The number of nitrogens with one attached hydrogen (secondary N) is 1. The van der Waals surface area contributed by atoms with Crippen LogP contribution in [0, 0.1) is 17.2 Å². The van der Waals surface area contributed by atoms with Crippen LogP contribution in [-0.4, -0.2) is 50.3 Å². The summed E-state index contributed by atoms with van der Waals surface area (Å²) in [4.78, 5) is 2.29. The van der Waals surface area contributed by atoms with Crippen molar-refractivity contribution in [3.05, 3.63) is 0 Å². The Balaban J connectivity index is 2.01. The van der Waals surface area contributed by atoms with Gasteiger partial charge in [-0.25, -0.2) is 0 Å². The summed E-state index contributed by atoms with van der Waals surface area (Å²) in [5, 5.41) is 12.4. The largest absolute Gasteiger partial charge is 0.380 e. The second-order valence-electron chi connectivity index (χ2n) is 5.90. The van der Waals surface area contributed by atoms with Gasteiger partial charge in [-0.15, -0.1) is 0 Å². The van der Waals surface area contributed by atoms with Gasteiger partial charge in [-0.1, -0.05) is 6.92 Å². The van der Waals surface area contributed by atoms with E-state index >= 15 is 0 Å². The van der Waals surface area contributed by atoms with Crippen LogP contribution in [0.15, 0.2) is 0 Å². The van der Waals surface area contributed by atoms with Crippen molar-refractivity contribution >= 4 is 0 Å². The lowest BCUT2D eigenvalue weighted by Gasteiger charge is -2.24. The first-order valence-corrected chi connectivity index (χ1v) is 7.52. The lowest BCUT2D eigenvalue weighted by Crippen LogP contribution is -2.41. The summed E-state index contributed by atoms with van der Waals surface area (Å²) in [6.45, 7) is 8.65. The van der Waals surface area contributed by atoms with Crippen LogP contribution in [0.5, 0.6) is 0 Å². The fourth-order valence-electron chi connectivity index (χ4n) is 2.14. The van der Waals surface area contributed by atoms with Crippen LogP contribution < -0.4 is 5.32 Å². The van der Waals surface area contributed by atoms with E-state index in [1.165, 1.54) is 12.8 Å². The van der Waals surface area contributed by atoms with Gasteiger partial charge in [0.15, 0.2) is 0 Å². The van der Waals surface area contributed by atoms with Crippen molar-refractivity contribution in [2.45, 2.75) is 45.1 Å². The van der Waals surface area contributed by atoms with Gasteiger partial charge in [-0.05, 0) is 58.7 Å². The fraction of sp³-hybridized carbons (Fsp3) is 0.933. The van der Waals surface area contributed by atoms with Crippen LogP contribution in [0.3, 0.4) is 0 Å². The number of nitriles is 1. The zero-order chi connectivity index (χ0) is 14.1. The number of nitrogens with zero attached hydrogens (tertiary/aromatic N) is 2. The molecule has 1 aliphatic carbocycles. The van der Waals surface area contributed by atoms with Gasteiger partial charge in [0.2, 0.25) is 0 Å². The summed E-state index contributed by atoms with van der Waals surface area (Å²) < 4.78 is 5.63. The molecule has 0 radical (unpaired) electrons. The van der Waals surface area contributed by atoms with Gasteiger partial charge in [-0.2, -0.15) is 5.26 Å². The molecular weight excluding hydrogens is 238 g/mol. The molecule has 1 fully saturated rings. The molecule has 1 N–H and O–H groups in total. The molecule has 1 atom stereocenters. The molecule has 0 heterocycles. The Labute approximate surface area is 118 Å². The Bertz CT molecular complexity index is 286. The third kappa shape index (κ3) is 7.51. The Morgan fingerprint density at radius 1 is 1.42 bits per heavy atom. The number of rotatable bonds is 11. The first-order chi connectivity index (χ1) is 9.09. The molecule has 0 aromatic rings. The monoisotopic (exact) mass is 267 g/mol. The topological polar surface area (TPSA) is 48.3 Å². The summed E-state index contributed by atoms with van der Waals surface area (Å²) >= 11 is 0. The minimum Gasteiger partial charge on any atom is -0.380 e.